The molecule has 19 heavy (non-hydrogen) atoms. The third-order valence-corrected chi connectivity index (χ3v) is 4.33. The number of ether oxygens (including phenoxy) is 2. The molecule has 1 aromatic rings. The maximum absolute atomic E-state index is 11.8. The number of esters is 1. The summed E-state index contributed by atoms with van der Waals surface area (Å²) in [4.78, 5) is 15.9. The maximum Gasteiger partial charge on any atom is 0.360 e. The van der Waals surface area contributed by atoms with Crippen molar-refractivity contribution in [1.29, 1.82) is 0 Å². The highest BCUT2D eigenvalue weighted by Gasteiger charge is 2.41. The molecule has 104 valence electrons. The van der Waals surface area contributed by atoms with Gasteiger partial charge in [-0.15, -0.1) is 11.3 Å². The molecule has 2 aliphatic rings. The predicted octanol–water partition coefficient (Wildman–Crippen LogP) is 2.30. The molecule has 3 rings (SSSR count). The summed E-state index contributed by atoms with van der Waals surface area (Å²) in [5.41, 5.74) is 2.07. The molecule has 1 saturated heterocycles. The first-order valence-electron chi connectivity index (χ1n) is 6.78. The van der Waals surface area contributed by atoms with Gasteiger partial charge in [0.2, 0.25) is 0 Å². The Morgan fingerprint density at radius 1 is 1.58 bits per heavy atom. The van der Waals surface area contributed by atoms with Crippen LogP contribution in [0.3, 0.4) is 0 Å². The lowest BCUT2D eigenvalue weighted by Gasteiger charge is -2.19. The van der Waals surface area contributed by atoms with Crippen LogP contribution in [0.1, 0.15) is 36.7 Å². The van der Waals surface area contributed by atoms with E-state index in [4.69, 9.17) is 9.47 Å². The fourth-order valence-electron chi connectivity index (χ4n) is 2.52. The lowest BCUT2D eigenvalue weighted by Crippen LogP contribution is -2.31. The van der Waals surface area contributed by atoms with E-state index in [-0.39, 0.29) is 12.1 Å². The van der Waals surface area contributed by atoms with Gasteiger partial charge < -0.3 is 14.8 Å². The Morgan fingerprint density at radius 2 is 2.42 bits per heavy atom. The van der Waals surface area contributed by atoms with E-state index in [1.54, 1.807) is 12.4 Å². The highest BCUT2D eigenvalue weighted by atomic mass is 32.1. The van der Waals surface area contributed by atoms with E-state index < -0.39 is 0 Å². The predicted molar refractivity (Wildman–Crippen MR) is 72.6 cm³/mol. The van der Waals surface area contributed by atoms with Crippen LogP contribution < -0.4 is 5.32 Å². The molecule has 2 fully saturated rings. The van der Waals surface area contributed by atoms with Crippen molar-refractivity contribution in [3.63, 3.8) is 0 Å². The summed E-state index contributed by atoms with van der Waals surface area (Å²) in [7, 11) is 0. The number of thiazole rings is 1. The van der Waals surface area contributed by atoms with E-state index in [2.05, 4.69) is 10.3 Å². The van der Waals surface area contributed by atoms with Crippen molar-refractivity contribution in [2.75, 3.05) is 18.5 Å². The minimum atomic E-state index is -0.354. The second-order valence-electron chi connectivity index (χ2n) is 4.96. The Bertz CT molecular complexity index is 458. The molecule has 0 spiro atoms. The molecular weight excluding hydrogens is 264 g/mol. The number of hydrogen-bond acceptors (Lipinski definition) is 6. The Hall–Kier alpha value is -1.14. The van der Waals surface area contributed by atoms with Crippen molar-refractivity contribution in [2.24, 2.45) is 5.92 Å². The Morgan fingerprint density at radius 3 is 3.16 bits per heavy atom. The third-order valence-electron chi connectivity index (χ3n) is 3.58. The number of aromatic nitrogens is 1. The number of anilines is 1. The molecule has 1 saturated carbocycles. The van der Waals surface area contributed by atoms with Gasteiger partial charge in [0.05, 0.1) is 24.3 Å². The van der Waals surface area contributed by atoms with Crippen LogP contribution in [0.4, 0.5) is 5.00 Å². The smallest absolute Gasteiger partial charge is 0.360 e. The van der Waals surface area contributed by atoms with Crippen LogP contribution in [-0.4, -0.2) is 36.3 Å². The number of rotatable bonds is 5. The molecule has 6 heteroatoms. The average Bonchev–Trinajstić information content (AvgIpc) is 2.96. The summed E-state index contributed by atoms with van der Waals surface area (Å²) in [5.74, 6) is 0.340. The summed E-state index contributed by atoms with van der Waals surface area (Å²) in [6.45, 7) is 2.96. The molecule has 0 amide bonds. The van der Waals surface area contributed by atoms with Crippen LogP contribution in [0.2, 0.25) is 0 Å². The maximum atomic E-state index is 11.8. The Balaban J connectivity index is 1.69. The molecule has 5 nitrogen and oxygen atoms in total. The first kappa shape index (κ1) is 12.9. The largest absolute Gasteiger partial charge is 0.461 e. The van der Waals surface area contributed by atoms with Gasteiger partial charge in [0.25, 0.3) is 0 Å². The highest BCUT2D eigenvalue weighted by molar-refractivity contribution is 7.14. The van der Waals surface area contributed by atoms with Gasteiger partial charge >= 0.3 is 5.97 Å². The van der Waals surface area contributed by atoms with Crippen molar-refractivity contribution < 1.29 is 14.3 Å². The monoisotopic (exact) mass is 282 g/mol. The lowest BCUT2D eigenvalue weighted by atomic mass is 10.1. The summed E-state index contributed by atoms with van der Waals surface area (Å²) in [5, 5.41) is 4.24. The van der Waals surface area contributed by atoms with Crippen molar-refractivity contribution in [1.82, 2.24) is 4.98 Å². The first-order chi connectivity index (χ1) is 9.29. The van der Waals surface area contributed by atoms with Crippen molar-refractivity contribution >= 4 is 22.3 Å². The number of nitrogens with one attached hydrogen (secondary N) is 1. The van der Waals surface area contributed by atoms with Crippen molar-refractivity contribution in [2.45, 2.75) is 38.3 Å². The second kappa shape index (κ2) is 5.46. The van der Waals surface area contributed by atoms with Crippen molar-refractivity contribution in [3.8, 4) is 0 Å². The zero-order chi connectivity index (χ0) is 13.2. The molecule has 1 aromatic heterocycles. The molecule has 0 aromatic carbocycles. The normalized spacial score (nSPS) is 26.4. The van der Waals surface area contributed by atoms with Crippen LogP contribution >= 0.6 is 11.3 Å². The van der Waals surface area contributed by atoms with Crippen LogP contribution in [-0.2, 0) is 9.47 Å². The van der Waals surface area contributed by atoms with Gasteiger partial charge in [0.15, 0.2) is 5.69 Å². The summed E-state index contributed by atoms with van der Waals surface area (Å²) in [6, 6.07) is 0.293. The fourth-order valence-corrected chi connectivity index (χ4v) is 3.25. The van der Waals surface area contributed by atoms with E-state index >= 15 is 0 Å². The molecular formula is C13H18N2O3S. The minimum Gasteiger partial charge on any atom is -0.461 e. The Kier molecular flexibility index (Phi) is 3.70. The van der Waals surface area contributed by atoms with Gasteiger partial charge in [-0.05, 0) is 32.1 Å². The van der Waals surface area contributed by atoms with Crippen LogP contribution in [0.5, 0.6) is 0 Å². The standard InChI is InChI=1S/C13H18N2O3S/c1-2-17-13(16)10-12(19-7-14-10)15-9-5-6-18-11(9)8-3-4-8/h7-9,11,15H,2-6H2,1H3. The van der Waals surface area contributed by atoms with Gasteiger partial charge in [-0.3, -0.25) is 0 Å². The average molecular weight is 282 g/mol. The van der Waals surface area contributed by atoms with Gasteiger partial charge in [-0.2, -0.15) is 0 Å². The SMILES string of the molecule is CCOC(=O)c1ncsc1NC1CCOC1C1CC1. The molecule has 0 radical (unpaired) electrons. The molecule has 2 heterocycles. The van der Waals surface area contributed by atoms with Gasteiger partial charge in [-0.1, -0.05) is 0 Å². The lowest BCUT2D eigenvalue weighted by molar-refractivity contribution is 0.0521. The van der Waals surface area contributed by atoms with E-state index in [1.165, 1.54) is 24.2 Å². The molecule has 1 N–H and O–H groups in total. The summed E-state index contributed by atoms with van der Waals surface area (Å²) < 4.78 is 10.8. The van der Waals surface area contributed by atoms with Crippen LogP contribution in [0, 0.1) is 5.92 Å². The van der Waals surface area contributed by atoms with E-state index in [9.17, 15) is 4.79 Å². The number of carbonyl (C=O) groups excluding carboxylic acids is 1. The summed E-state index contributed by atoms with van der Waals surface area (Å²) in [6.07, 6.45) is 3.80. The second-order valence-corrected chi connectivity index (χ2v) is 5.82. The highest BCUT2D eigenvalue weighted by Crippen LogP contribution is 2.40. The van der Waals surface area contributed by atoms with E-state index in [0.717, 1.165) is 18.0 Å². The van der Waals surface area contributed by atoms with Gasteiger partial charge in [0.1, 0.15) is 5.00 Å². The van der Waals surface area contributed by atoms with Gasteiger partial charge in [0, 0.05) is 6.61 Å². The molecule has 2 atom stereocenters. The zero-order valence-corrected chi connectivity index (χ0v) is 11.7. The topological polar surface area (TPSA) is 60.5 Å². The zero-order valence-electron chi connectivity index (χ0n) is 10.9. The van der Waals surface area contributed by atoms with E-state index in [1.807, 2.05) is 0 Å². The molecule has 1 aliphatic carbocycles. The fraction of sp³-hybridized carbons (Fsp3) is 0.692. The van der Waals surface area contributed by atoms with Crippen LogP contribution in [0.15, 0.2) is 5.51 Å². The molecule has 2 unspecified atom stereocenters. The molecule has 1 aliphatic heterocycles. The van der Waals surface area contributed by atoms with Crippen LogP contribution in [0.25, 0.3) is 0 Å². The third kappa shape index (κ3) is 2.74. The van der Waals surface area contributed by atoms with Crippen molar-refractivity contribution in [3.05, 3.63) is 11.2 Å². The van der Waals surface area contributed by atoms with E-state index in [0.29, 0.717) is 24.3 Å². The van der Waals surface area contributed by atoms with Gasteiger partial charge in [-0.25, -0.2) is 9.78 Å². The quantitative estimate of drug-likeness (QED) is 0.840. The Labute approximate surface area is 116 Å². The molecule has 0 bridgehead atoms. The summed E-state index contributed by atoms with van der Waals surface area (Å²) >= 11 is 1.45. The first-order valence-corrected chi connectivity index (χ1v) is 7.66. The minimum absolute atomic E-state index is 0.289. The number of hydrogen-bond donors (Lipinski definition) is 1. The number of carbonyl (C=O) groups is 1. The number of nitrogens with zero attached hydrogens (tertiary/aromatic N) is 1.